The second-order valence-electron chi connectivity index (χ2n) is 5.25. The van der Waals surface area contributed by atoms with E-state index in [9.17, 15) is 4.79 Å². The SMILES string of the molecule is COc1ccc(-c2cc3ccc(OCCBr)cc3oc2=O)cc1OC. The van der Waals surface area contributed by atoms with E-state index in [-0.39, 0.29) is 0 Å². The minimum Gasteiger partial charge on any atom is -0.493 e. The molecule has 1 aromatic heterocycles. The molecule has 0 atom stereocenters. The molecular formula is C19H17BrO5. The third kappa shape index (κ3) is 3.64. The lowest BCUT2D eigenvalue weighted by molar-refractivity contribution is 0.345. The first-order valence-corrected chi connectivity index (χ1v) is 8.77. The summed E-state index contributed by atoms with van der Waals surface area (Å²) in [5.41, 5.74) is 1.23. The van der Waals surface area contributed by atoms with Crippen molar-refractivity contribution in [3.05, 3.63) is 52.9 Å². The Bertz CT molecular complexity index is 948. The Morgan fingerprint density at radius 3 is 2.52 bits per heavy atom. The maximum absolute atomic E-state index is 12.4. The molecule has 0 aliphatic rings. The van der Waals surface area contributed by atoms with Crippen molar-refractivity contribution in [2.24, 2.45) is 0 Å². The van der Waals surface area contributed by atoms with Gasteiger partial charge in [0.2, 0.25) is 0 Å². The number of halogens is 1. The third-order valence-corrected chi connectivity index (χ3v) is 4.07. The normalized spacial score (nSPS) is 10.7. The largest absolute Gasteiger partial charge is 0.493 e. The Hall–Kier alpha value is -2.47. The predicted octanol–water partition coefficient (Wildman–Crippen LogP) is 4.25. The van der Waals surface area contributed by atoms with Gasteiger partial charge in [-0.1, -0.05) is 22.0 Å². The van der Waals surface area contributed by atoms with Crippen molar-refractivity contribution in [2.45, 2.75) is 0 Å². The van der Waals surface area contributed by atoms with Crippen LogP contribution in [0.2, 0.25) is 0 Å². The molecule has 6 heteroatoms. The van der Waals surface area contributed by atoms with Crippen LogP contribution in [0.5, 0.6) is 17.2 Å². The van der Waals surface area contributed by atoms with E-state index >= 15 is 0 Å². The molecule has 5 nitrogen and oxygen atoms in total. The number of hydrogen-bond acceptors (Lipinski definition) is 5. The standard InChI is InChI=1S/C19H17BrO5/c1-22-16-6-4-12(10-18(16)23-2)15-9-13-3-5-14(24-8-7-20)11-17(13)25-19(15)21/h3-6,9-11H,7-8H2,1-2H3. The summed E-state index contributed by atoms with van der Waals surface area (Å²) in [6.07, 6.45) is 0. The van der Waals surface area contributed by atoms with Crippen molar-refractivity contribution in [2.75, 3.05) is 26.2 Å². The van der Waals surface area contributed by atoms with Gasteiger partial charge in [-0.2, -0.15) is 0 Å². The van der Waals surface area contributed by atoms with Gasteiger partial charge in [0.05, 0.1) is 26.4 Å². The topological polar surface area (TPSA) is 57.9 Å². The fourth-order valence-corrected chi connectivity index (χ4v) is 2.70. The summed E-state index contributed by atoms with van der Waals surface area (Å²) in [4.78, 5) is 12.4. The lowest BCUT2D eigenvalue weighted by Gasteiger charge is -2.10. The summed E-state index contributed by atoms with van der Waals surface area (Å²) in [6.45, 7) is 0.541. The summed E-state index contributed by atoms with van der Waals surface area (Å²) in [5.74, 6) is 1.82. The number of rotatable bonds is 6. The van der Waals surface area contributed by atoms with Crippen LogP contribution in [-0.4, -0.2) is 26.2 Å². The van der Waals surface area contributed by atoms with E-state index in [0.29, 0.717) is 40.6 Å². The third-order valence-electron chi connectivity index (χ3n) is 3.75. The molecule has 0 fully saturated rings. The molecule has 0 N–H and O–H groups in total. The fourth-order valence-electron chi connectivity index (χ4n) is 2.54. The highest BCUT2D eigenvalue weighted by atomic mass is 79.9. The van der Waals surface area contributed by atoms with Crippen LogP contribution in [0.3, 0.4) is 0 Å². The average Bonchev–Trinajstić information content (AvgIpc) is 2.65. The highest BCUT2D eigenvalue weighted by molar-refractivity contribution is 9.09. The molecule has 25 heavy (non-hydrogen) atoms. The van der Waals surface area contributed by atoms with E-state index in [1.807, 2.05) is 12.1 Å². The van der Waals surface area contributed by atoms with E-state index < -0.39 is 5.63 Å². The van der Waals surface area contributed by atoms with Crippen molar-refractivity contribution in [1.82, 2.24) is 0 Å². The Balaban J connectivity index is 2.05. The molecule has 2 aromatic carbocycles. The zero-order valence-electron chi connectivity index (χ0n) is 13.9. The van der Waals surface area contributed by atoms with Gasteiger partial charge in [-0.25, -0.2) is 4.79 Å². The Morgan fingerprint density at radius 1 is 1.00 bits per heavy atom. The molecule has 1 heterocycles. The summed E-state index contributed by atoms with van der Waals surface area (Å²) in [7, 11) is 3.12. The molecule has 0 bridgehead atoms. The molecule has 130 valence electrons. The maximum Gasteiger partial charge on any atom is 0.344 e. The van der Waals surface area contributed by atoms with Crippen LogP contribution in [0.15, 0.2) is 51.7 Å². The van der Waals surface area contributed by atoms with Crippen LogP contribution in [0.4, 0.5) is 0 Å². The number of hydrogen-bond donors (Lipinski definition) is 0. The summed E-state index contributed by atoms with van der Waals surface area (Å²) < 4.78 is 21.5. The molecule has 0 saturated carbocycles. The second-order valence-corrected chi connectivity index (χ2v) is 6.05. The lowest BCUT2D eigenvalue weighted by atomic mass is 10.1. The van der Waals surface area contributed by atoms with Gasteiger partial charge in [-0.05, 0) is 35.9 Å². The zero-order chi connectivity index (χ0) is 17.8. The zero-order valence-corrected chi connectivity index (χ0v) is 15.5. The van der Waals surface area contributed by atoms with Crippen molar-refractivity contribution < 1.29 is 18.6 Å². The Labute approximate surface area is 153 Å². The fraction of sp³-hybridized carbons (Fsp3) is 0.211. The maximum atomic E-state index is 12.4. The van der Waals surface area contributed by atoms with Gasteiger partial charge in [-0.15, -0.1) is 0 Å². The van der Waals surface area contributed by atoms with Gasteiger partial charge in [0.25, 0.3) is 0 Å². The van der Waals surface area contributed by atoms with E-state index in [0.717, 1.165) is 10.7 Å². The van der Waals surface area contributed by atoms with Crippen LogP contribution in [0, 0.1) is 0 Å². The highest BCUT2D eigenvalue weighted by Crippen LogP contribution is 2.32. The van der Waals surface area contributed by atoms with Crippen molar-refractivity contribution >= 4 is 26.9 Å². The first kappa shape index (κ1) is 17.4. The van der Waals surface area contributed by atoms with Crippen LogP contribution in [0.25, 0.3) is 22.1 Å². The van der Waals surface area contributed by atoms with Gasteiger partial charge in [-0.3, -0.25) is 0 Å². The van der Waals surface area contributed by atoms with Gasteiger partial charge in [0, 0.05) is 16.8 Å². The molecule has 3 rings (SSSR count). The Kier molecular flexibility index (Phi) is 5.28. The van der Waals surface area contributed by atoms with E-state index in [1.54, 1.807) is 44.6 Å². The number of alkyl halides is 1. The van der Waals surface area contributed by atoms with Crippen molar-refractivity contribution in [1.29, 1.82) is 0 Å². The molecule has 3 aromatic rings. The van der Waals surface area contributed by atoms with Gasteiger partial charge in [0.1, 0.15) is 11.3 Å². The minimum atomic E-state index is -0.419. The molecule has 0 aliphatic carbocycles. The van der Waals surface area contributed by atoms with E-state index in [4.69, 9.17) is 18.6 Å². The van der Waals surface area contributed by atoms with Gasteiger partial charge < -0.3 is 18.6 Å². The molecule has 0 aliphatic heterocycles. The monoisotopic (exact) mass is 404 g/mol. The molecule has 0 spiro atoms. The first-order chi connectivity index (χ1) is 12.2. The van der Waals surface area contributed by atoms with Crippen LogP contribution in [-0.2, 0) is 0 Å². The number of ether oxygens (including phenoxy) is 3. The van der Waals surface area contributed by atoms with Crippen LogP contribution >= 0.6 is 15.9 Å². The molecule has 0 amide bonds. The smallest absolute Gasteiger partial charge is 0.344 e. The number of benzene rings is 2. The van der Waals surface area contributed by atoms with Crippen LogP contribution in [0.1, 0.15) is 0 Å². The number of methoxy groups -OCH3 is 2. The molecule has 0 unspecified atom stereocenters. The predicted molar refractivity (Wildman–Crippen MR) is 100 cm³/mol. The molecule has 0 saturated heterocycles. The summed E-state index contributed by atoms with van der Waals surface area (Å²) >= 11 is 3.31. The quantitative estimate of drug-likeness (QED) is 0.453. The van der Waals surface area contributed by atoms with Crippen LogP contribution < -0.4 is 19.8 Å². The van der Waals surface area contributed by atoms with Gasteiger partial charge in [0.15, 0.2) is 11.5 Å². The van der Waals surface area contributed by atoms with E-state index in [1.165, 1.54) is 0 Å². The average molecular weight is 405 g/mol. The molecule has 0 radical (unpaired) electrons. The first-order valence-electron chi connectivity index (χ1n) is 7.65. The van der Waals surface area contributed by atoms with Crippen molar-refractivity contribution in [3.63, 3.8) is 0 Å². The Morgan fingerprint density at radius 2 is 1.80 bits per heavy atom. The minimum absolute atomic E-state index is 0.419. The van der Waals surface area contributed by atoms with E-state index in [2.05, 4.69) is 15.9 Å². The number of fused-ring (bicyclic) bond motifs is 1. The summed E-state index contributed by atoms with van der Waals surface area (Å²) in [6, 6.07) is 12.6. The lowest BCUT2D eigenvalue weighted by Crippen LogP contribution is -2.03. The summed E-state index contributed by atoms with van der Waals surface area (Å²) in [5, 5.41) is 1.54. The highest BCUT2D eigenvalue weighted by Gasteiger charge is 2.12. The second kappa shape index (κ2) is 7.61. The van der Waals surface area contributed by atoms with Gasteiger partial charge >= 0.3 is 5.63 Å². The molecular weight excluding hydrogens is 388 g/mol. The van der Waals surface area contributed by atoms with Crippen molar-refractivity contribution in [3.8, 4) is 28.4 Å².